The Hall–Kier alpha value is -1.85. The van der Waals surface area contributed by atoms with Crippen molar-refractivity contribution in [3.8, 4) is 0 Å². The van der Waals surface area contributed by atoms with Gasteiger partial charge in [0.1, 0.15) is 0 Å². The van der Waals surface area contributed by atoms with Gasteiger partial charge in [0.2, 0.25) is 0 Å². The van der Waals surface area contributed by atoms with E-state index in [4.69, 9.17) is 4.74 Å². The molecule has 5 nitrogen and oxygen atoms in total. The van der Waals surface area contributed by atoms with Crippen molar-refractivity contribution >= 4 is 6.08 Å². The second-order valence-electron chi connectivity index (χ2n) is 8.61. The first-order chi connectivity index (χ1) is 14.6. The first-order valence-electron chi connectivity index (χ1n) is 11.8. The zero-order chi connectivity index (χ0) is 21.5. The van der Waals surface area contributed by atoms with E-state index in [-0.39, 0.29) is 11.8 Å². The summed E-state index contributed by atoms with van der Waals surface area (Å²) in [4.78, 5) is 18.2. The van der Waals surface area contributed by atoms with E-state index < -0.39 is 0 Å². The molecule has 5 heteroatoms. The molecule has 30 heavy (non-hydrogen) atoms. The Labute approximate surface area is 181 Å². The molecule has 1 aromatic heterocycles. The van der Waals surface area contributed by atoms with Crippen LogP contribution in [0.2, 0.25) is 0 Å². The zero-order valence-electron chi connectivity index (χ0n) is 19.0. The van der Waals surface area contributed by atoms with Gasteiger partial charge in [0.25, 0.3) is 0 Å². The highest BCUT2D eigenvalue weighted by molar-refractivity contribution is 5.51. The minimum atomic E-state index is 0.0693. The molecule has 4 rings (SSSR count). The fourth-order valence-corrected chi connectivity index (χ4v) is 4.95. The van der Waals surface area contributed by atoms with Gasteiger partial charge in [-0.3, -0.25) is 4.57 Å². The number of H-pyrrole nitrogens is 1. The minimum absolute atomic E-state index is 0.0693. The molecular formula is C25H39N3O2. The summed E-state index contributed by atoms with van der Waals surface area (Å²) in [6.07, 6.45) is 16.0. The van der Waals surface area contributed by atoms with Crippen LogP contribution >= 0.6 is 0 Å². The van der Waals surface area contributed by atoms with Crippen LogP contribution in [0.1, 0.15) is 76.7 Å². The van der Waals surface area contributed by atoms with E-state index in [1.165, 1.54) is 12.0 Å². The number of fused-ring (bicyclic) bond motifs is 1. The number of ether oxygens (including phenoxy) is 1. The Balaban J connectivity index is 0.000000806. The summed E-state index contributed by atoms with van der Waals surface area (Å²) in [6, 6.07) is 0.878. The average Bonchev–Trinajstić information content (AvgIpc) is 3.11. The molecule has 0 radical (unpaired) electrons. The lowest BCUT2D eigenvalue weighted by Crippen LogP contribution is -2.47. The van der Waals surface area contributed by atoms with Gasteiger partial charge in [0.05, 0.1) is 11.8 Å². The second kappa shape index (κ2) is 11.0. The number of aromatic nitrogens is 2. The molecule has 0 bridgehead atoms. The number of hydrogen-bond donors (Lipinski definition) is 1. The van der Waals surface area contributed by atoms with Crippen LogP contribution in [0.3, 0.4) is 0 Å². The fraction of sp³-hybridized carbons (Fsp3) is 0.640. The predicted octanol–water partition coefficient (Wildman–Crippen LogP) is 4.87. The lowest BCUT2D eigenvalue weighted by atomic mass is 9.93. The van der Waals surface area contributed by atoms with Gasteiger partial charge in [-0.2, -0.15) is 0 Å². The van der Waals surface area contributed by atoms with Crippen molar-refractivity contribution in [2.45, 2.75) is 83.9 Å². The summed E-state index contributed by atoms with van der Waals surface area (Å²) in [7, 11) is 0. The Morgan fingerprint density at radius 2 is 2.00 bits per heavy atom. The van der Waals surface area contributed by atoms with Crippen LogP contribution in [0, 0.1) is 0 Å². The number of rotatable bonds is 4. The van der Waals surface area contributed by atoms with Crippen LogP contribution < -0.4 is 5.69 Å². The maximum absolute atomic E-state index is 12.5. The van der Waals surface area contributed by atoms with Gasteiger partial charge in [-0.1, -0.05) is 45.1 Å². The van der Waals surface area contributed by atoms with Gasteiger partial charge in [-0.05, 0) is 57.1 Å². The number of nitrogens with zero attached hydrogens (tertiary/aromatic N) is 2. The molecular weight excluding hydrogens is 374 g/mol. The maximum atomic E-state index is 12.5. The number of aryl methyl sites for hydroxylation is 1. The molecule has 2 saturated heterocycles. The Morgan fingerprint density at radius 1 is 1.27 bits per heavy atom. The van der Waals surface area contributed by atoms with E-state index in [1.807, 2.05) is 10.6 Å². The lowest BCUT2D eigenvalue weighted by Gasteiger charge is -2.41. The predicted molar refractivity (Wildman–Crippen MR) is 125 cm³/mol. The third-order valence-electron chi connectivity index (χ3n) is 6.46. The number of imidazole rings is 1. The normalized spacial score (nSPS) is 25.4. The molecule has 166 valence electrons. The first-order valence-corrected chi connectivity index (χ1v) is 11.8. The summed E-state index contributed by atoms with van der Waals surface area (Å²) >= 11 is 0. The van der Waals surface area contributed by atoms with Crippen molar-refractivity contribution < 1.29 is 4.74 Å². The Morgan fingerprint density at radius 3 is 2.67 bits per heavy atom. The molecule has 3 aliphatic rings. The zero-order valence-corrected chi connectivity index (χ0v) is 19.0. The summed E-state index contributed by atoms with van der Waals surface area (Å²) in [5, 5.41) is 0. The molecule has 0 amide bonds. The lowest BCUT2D eigenvalue weighted by molar-refractivity contribution is -0.0150. The second-order valence-corrected chi connectivity index (χ2v) is 8.61. The molecule has 0 saturated carbocycles. The molecule has 1 aliphatic carbocycles. The van der Waals surface area contributed by atoms with Crippen LogP contribution in [0.25, 0.3) is 6.08 Å². The van der Waals surface area contributed by atoms with Gasteiger partial charge in [-0.25, -0.2) is 4.79 Å². The smallest absolute Gasteiger partial charge is 0.326 e. The van der Waals surface area contributed by atoms with Crippen molar-refractivity contribution in [2.75, 3.05) is 19.7 Å². The van der Waals surface area contributed by atoms with Crippen LogP contribution in [0.15, 0.2) is 35.2 Å². The van der Waals surface area contributed by atoms with E-state index in [9.17, 15) is 4.79 Å². The summed E-state index contributed by atoms with van der Waals surface area (Å²) in [6.45, 7) is 13.1. The highest BCUT2D eigenvalue weighted by atomic mass is 16.5. The number of likely N-dealkylation sites (tertiary alicyclic amines) is 1. The first kappa shape index (κ1) is 22.8. The van der Waals surface area contributed by atoms with Gasteiger partial charge >= 0.3 is 5.69 Å². The van der Waals surface area contributed by atoms with E-state index in [1.54, 1.807) is 0 Å². The largest absolute Gasteiger partial charge is 0.373 e. The molecule has 2 aliphatic heterocycles. The van der Waals surface area contributed by atoms with E-state index in [0.29, 0.717) is 12.1 Å². The van der Waals surface area contributed by atoms with Crippen molar-refractivity contribution in [3.05, 3.63) is 52.3 Å². The Bertz CT molecular complexity index is 809. The quantitative estimate of drug-likeness (QED) is 0.717. The number of allylic oxidation sites excluding steroid dienone is 2. The molecule has 1 aromatic rings. The van der Waals surface area contributed by atoms with Crippen molar-refractivity contribution in [1.82, 2.24) is 14.5 Å². The standard InChI is InChI=1S/C22H31N3O2.C3H8/c1-3-16(4-2)21-15-18(11-14-27-21)24-12-9-17(10-13-24)25-20-8-6-5-7-19(20)23-22(25)26;1-3-2/h3-4,6,8,17-18,21H,1,5,7,9-15H2,2H3,(H,23,26);3H2,1-2H3/b16-4+;/t18-,21+;/m0./s1. The van der Waals surface area contributed by atoms with Gasteiger partial charge < -0.3 is 14.6 Å². The molecule has 0 unspecified atom stereocenters. The maximum Gasteiger partial charge on any atom is 0.326 e. The van der Waals surface area contributed by atoms with Crippen LogP contribution in [0.5, 0.6) is 0 Å². The third-order valence-corrected chi connectivity index (χ3v) is 6.46. The highest BCUT2D eigenvalue weighted by Gasteiger charge is 2.32. The van der Waals surface area contributed by atoms with Gasteiger partial charge in [0, 0.05) is 37.5 Å². The minimum Gasteiger partial charge on any atom is -0.373 e. The van der Waals surface area contributed by atoms with Crippen LogP contribution in [-0.2, 0) is 11.2 Å². The van der Waals surface area contributed by atoms with E-state index >= 15 is 0 Å². The third kappa shape index (κ3) is 5.06. The molecule has 3 heterocycles. The summed E-state index contributed by atoms with van der Waals surface area (Å²) < 4.78 is 8.00. The summed E-state index contributed by atoms with van der Waals surface area (Å²) in [5.41, 5.74) is 3.49. The number of aromatic amines is 1. The van der Waals surface area contributed by atoms with Crippen molar-refractivity contribution in [2.24, 2.45) is 0 Å². The van der Waals surface area contributed by atoms with Crippen molar-refractivity contribution in [1.29, 1.82) is 0 Å². The van der Waals surface area contributed by atoms with E-state index in [0.717, 1.165) is 69.6 Å². The highest BCUT2D eigenvalue weighted by Crippen LogP contribution is 2.31. The van der Waals surface area contributed by atoms with Gasteiger partial charge in [-0.15, -0.1) is 0 Å². The number of nitrogens with one attached hydrogen (secondary N) is 1. The number of hydrogen-bond acceptors (Lipinski definition) is 3. The molecule has 0 spiro atoms. The van der Waals surface area contributed by atoms with E-state index in [2.05, 4.69) is 55.5 Å². The number of piperidine rings is 1. The average molecular weight is 414 g/mol. The SMILES string of the molecule is C=C/C(=C\C)[C@H]1C[C@@H](N2CCC(n3c4c([nH]c3=O)CCC=C4)CC2)CCO1.CCC. The van der Waals surface area contributed by atoms with Crippen molar-refractivity contribution in [3.63, 3.8) is 0 Å². The molecule has 0 aromatic carbocycles. The van der Waals surface area contributed by atoms with Crippen LogP contribution in [-0.4, -0.2) is 46.3 Å². The monoisotopic (exact) mass is 413 g/mol. The summed E-state index contributed by atoms with van der Waals surface area (Å²) in [5.74, 6) is 0. The molecule has 2 fully saturated rings. The topological polar surface area (TPSA) is 50.3 Å². The molecule has 1 N–H and O–H groups in total. The fourth-order valence-electron chi connectivity index (χ4n) is 4.95. The molecule has 2 atom stereocenters. The van der Waals surface area contributed by atoms with Gasteiger partial charge in [0.15, 0.2) is 0 Å². The Kier molecular flexibility index (Phi) is 8.34. The van der Waals surface area contributed by atoms with Crippen LogP contribution in [0.4, 0.5) is 0 Å².